The van der Waals surface area contributed by atoms with Crippen LogP contribution in [-0.4, -0.2) is 53.0 Å². The molecule has 1 saturated heterocycles. The van der Waals surface area contributed by atoms with E-state index in [1.807, 2.05) is 54.0 Å². The Hall–Kier alpha value is -2.08. The van der Waals surface area contributed by atoms with Gasteiger partial charge in [0.1, 0.15) is 6.61 Å². The maximum absolute atomic E-state index is 12.9. The summed E-state index contributed by atoms with van der Waals surface area (Å²) in [4.78, 5) is 29.4. The minimum absolute atomic E-state index is 0.00750. The van der Waals surface area contributed by atoms with Crippen LogP contribution in [0.15, 0.2) is 30.3 Å². The lowest BCUT2D eigenvalue weighted by Gasteiger charge is -2.40. The van der Waals surface area contributed by atoms with Crippen LogP contribution in [0.2, 0.25) is 0 Å². The molecule has 1 aromatic carbocycles. The zero-order valence-corrected chi connectivity index (χ0v) is 17.0. The van der Waals surface area contributed by atoms with Gasteiger partial charge in [-0.25, -0.2) is 4.79 Å². The predicted molar refractivity (Wildman–Crippen MR) is 109 cm³/mol. The van der Waals surface area contributed by atoms with Gasteiger partial charge in [0.25, 0.3) is 0 Å². The Balaban J connectivity index is 1.63. The van der Waals surface area contributed by atoms with Crippen LogP contribution in [0.3, 0.4) is 0 Å². The molecule has 1 aliphatic carbocycles. The number of carbonyl (C=O) groups is 2. The summed E-state index contributed by atoms with van der Waals surface area (Å²) < 4.78 is 5.57. The minimum atomic E-state index is -0.486. The van der Waals surface area contributed by atoms with E-state index in [2.05, 4.69) is 0 Å². The average molecular weight is 388 g/mol. The number of carbonyl (C=O) groups excluding carboxylic acids is 2. The van der Waals surface area contributed by atoms with Crippen molar-refractivity contribution in [3.05, 3.63) is 35.9 Å². The number of nitrogens with two attached hydrogens (primary N) is 1. The number of likely N-dealkylation sites (tertiary alicyclic amines) is 1. The van der Waals surface area contributed by atoms with Gasteiger partial charge in [-0.2, -0.15) is 0 Å². The molecule has 2 amide bonds. The molecule has 0 spiro atoms. The van der Waals surface area contributed by atoms with Gasteiger partial charge in [0, 0.05) is 25.2 Å². The third-order valence-electron chi connectivity index (χ3n) is 5.75. The first-order chi connectivity index (χ1) is 13.5. The molecule has 1 heterocycles. The number of benzene rings is 1. The normalized spacial score (nSPS) is 20.7. The van der Waals surface area contributed by atoms with Gasteiger partial charge in [-0.15, -0.1) is 0 Å². The molecule has 2 aliphatic rings. The standard InChI is InChI=1S/C22H33N3O3/c1-16(2)20(23)21(26)24-13-7-6-10-19(24)14-25(18-11-12-18)22(27)28-15-17-8-4-3-5-9-17/h3-5,8-9,16,18-20H,6-7,10-15,23H2,1-2H3/t19?,20-/m0/s1. The molecule has 28 heavy (non-hydrogen) atoms. The third kappa shape index (κ3) is 5.25. The van der Waals surface area contributed by atoms with E-state index < -0.39 is 6.04 Å². The second-order valence-corrected chi connectivity index (χ2v) is 8.37. The van der Waals surface area contributed by atoms with Crippen LogP contribution in [0.5, 0.6) is 0 Å². The van der Waals surface area contributed by atoms with Crippen LogP contribution in [0.1, 0.15) is 51.5 Å². The van der Waals surface area contributed by atoms with Crippen LogP contribution >= 0.6 is 0 Å². The fourth-order valence-electron chi connectivity index (χ4n) is 3.75. The molecule has 1 aromatic rings. The van der Waals surface area contributed by atoms with Crippen molar-refractivity contribution in [2.45, 2.75) is 70.7 Å². The molecule has 0 bridgehead atoms. The van der Waals surface area contributed by atoms with Crippen LogP contribution in [0.4, 0.5) is 4.79 Å². The molecular formula is C22H33N3O3. The lowest BCUT2D eigenvalue weighted by atomic mass is 9.97. The lowest BCUT2D eigenvalue weighted by Crippen LogP contribution is -2.56. The molecule has 1 aliphatic heterocycles. The fourth-order valence-corrected chi connectivity index (χ4v) is 3.75. The van der Waals surface area contributed by atoms with E-state index in [1.54, 1.807) is 0 Å². The monoisotopic (exact) mass is 387 g/mol. The van der Waals surface area contributed by atoms with E-state index in [4.69, 9.17) is 10.5 Å². The maximum atomic E-state index is 12.9. The van der Waals surface area contributed by atoms with E-state index in [-0.39, 0.29) is 36.6 Å². The molecular weight excluding hydrogens is 354 g/mol. The van der Waals surface area contributed by atoms with Gasteiger partial charge >= 0.3 is 6.09 Å². The molecule has 6 nitrogen and oxygen atoms in total. The van der Waals surface area contributed by atoms with E-state index in [0.29, 0.717) is 6.54 Å². The van der Waals surface area contributed by atoms with Crippen LogP contribution in [0.25, 0.3) is 0 Å². The fraction of sp³-hybridized carbons (Fsp3) is 0.636. The summed E-state index contributed by atoms with van der Waals surface area (Å²) in [5.41, 5.74) is 7.11. The topological polar surface area (TPSA) is 75.9 Å². The van der Waals surface area contributed by atoms with Gasteiger partial charge in [-0.1, -0.05) is 44.2 Å². The van der Waals surface area contributed by atoms with E-state index in [0.717, 1.165) is 44.2 Å². The maximum Gasteiger partial charge on any atom is 0.410 e. The first-order valence-electron chi connectivity index (χ1n) is 10.5. The molecule has 0 radical (unpaired) electrons. The molecule has 154 valence electrons. The summed E-state index contributed by atoms with van der Waals surface area (Å²) in [5, 5.41) is 0. The zero-order valence-electron chi connectivity index (χ0n) is 17.0. The van der Waals surface area contributed by atoms with Crippen LogP contribution < -0.4 is 5.73 Å². The highest BCUT2D eigenvalue weighted by Crippen LogP contribution is 2.30. The van der Waals surface area contributed by atoms with Crippen LogP contribution in [0, 0.1) is 5.92 Å². The Bertz CT molecular complexity index is 660. The van der Waals surface area contributed by atoms with Gasteiger partial charge in [0.2, 0.25) is 5.91 Å². The minimum Gasteiger partial charge on any atom is -0.445 e. The number of amides is 2. The molecule has 0 aromatic heterocycles. The molecule has 1 unspecified atom stereocenters. The van der Waals surface area contributed by atoms with Crippen molar-refractivity contribution in [1.29, 1.82) is 0 Å². The smallest absolute Gasteiger partial charge is 0.410 e. The molecule has 1 saturated carbocycles. The van der Waals surface area contributed by atoms with Crippen molar-refractivity contribution in [1.82, 2.24) is 9.80 Å². The van der Waals surface area contributed by atoms with Crippen molar-refractivity contribution in [2.24, 2.45) is 11.7 Å². The van der Waals surface area contributed by atoms with Crippen molar-refractivity contribution in [3.63, 3.8) is 0 Å². The highest BCUT2D eigenvalue weighted by Gasteiger charge is 2.38. The summed E-state index contributed by atoms with van der Waals surface area (Å²) in [6.45, 7) is 5.47. The summed E-state index contributed by atoms with van der Waals surface area (Å²) >= 11 is 0. The number of nitrogens with zero attached hydrogens (tertiary/aromatic N) is 2. The average Bonchev–Trinajstić information content (AvgIpc) is 3.55. The van der Waals surface area contributed by atoms with Crippen molar-refractivity contribution in [3.8, 4) is 0 Å². The lowest BCUT2D eigenvalue weighted by molar-refractivity contribution is -0.137. The highest BCUT2D eigenvalue weighted by atomic mass is 16.6. The number of piperidine rings is 1. The molecule has 6 heteroatoms. The molecule has 2 atom stereocenters. The van der Waals surface area contributed by atoms with E-state index in [1.165, 1.54) is 0 Å². The number of hydrogen-bond acceptors (Lipinski definition) is 4. The first-order valence-corrected chi connectivity index (χ1v) is 10.5. The largest absolute Gasteiger partial charge is 0.445 e. The predicted octanol–water partition coefficient (Wildman–Crippen LogP) is 3.15. The Morgan fingerprint density at radius 2 is 1.89 bits per heavy atom. The van der Waals surface area contributed by atoms with Crippen LogP contribution in [-0.2, 0) is 16.1 Å². The van der Waals surface area contributed by atoms with Gasteiger partial charge < -0.3 is 20.3 Å². The summed E-state index contributed by atoms with van der Waals surface area (Å²) in [7, 11) is 0. The molecule has 2 N–H and O–H groups in total. The second-order valence-electron chi connectivity index (χ2n) is 8.37. The quantitative estimate of drug-likeness (QED) is 0.780. The van der Waals surface area contributed by atoms with E-state index >= 15 is 0 Å². The first kappa shape index (κ1) is 20.6. The van der Waals surface area contributed by atoms with Gasteiger partial charge in [-0.3, -0.25) is 4.79 Å². The van der Waals surface area contributed by atoms with Crippen molar-refractivity contribution < 1.29 is 14.3 Å². The van der Waals surface area contributed by atoms with Crippen molar-refractivity contribution >= 4 is 12.0 Å². The number of hydrogen-bond donors (Lipinski definition) is 1. The zero-order chi connectivity index (χ0) is 20.1. The third-order valence-corrected chi connectivity index (χ3v) is 5.75. The van der Waals surface area contributed by atoms with Gasteiger partial charge in [0.05, 0.1) is 6.04 Å². The Kier molecular flexibility index (Phi) is 6.94. The highest BCUT2D eigenvalue weighted by molar-refractivity contribution is 5.82. The SMILES string of the molecule is CC(C)[C@H](N)C(=O)N1CCCCC1CN(C(=O)OCc1ccccc1)C1CC1. The second kappa shape index (κ2) is 9.41. The van der Waals surface area contributed by atoms with Crippen molar-refractivity contribution in [2.75, 3.05) is 13.1 Å². The summed E-state index contributed by atoms with van der Waals surface area (Å²) in [6, 6.07) is 9.49. The van der Waals surface area contributed by atoms with E-state index in [9.17, 15) is 9.59 Å². The summed E-state index contributed by atoms with van der Waals surface area (Å²) in [6.07, 6.45) is 4.71. The number of rotatable bonds is 7. The summed E-state index contributed by atoms with van der Waals surface area (Å²) in [5.74, 6) is 0.110. The van der Waals surface area contributed by atoms with Gasteiger partial charge in [0.15, 0.2) is 0 Å². The molecule has 2 fully saturated rings. The van der Waals surface area contributed by atoms with Gasteiger partial charge in [-0.05, 0) is 43.6 Å². The number of ether oxygens (including phenoxy) is 1. The Morgan fingerprint density at radius 3 is 2.54 bits per heavy atom. The Morgan fingerprint density at radius 1 is 1.18 bits per heavy atom. The Labute approximate surface area is 168 Å². The molecule has 3 rings (SSSR count).